The van der Waals surface area contributed by atoms with Crippen molar-refractivity contribution in [3.05, 3.63) is 65.9 Å². The first-order chi connectivity index (χ1) is 16.1. The molecule has 1 aliphatic rings. The van der Waals surface area contributed by atoms with Crippen molar-refractivity contribution in [1.29, 1.82) is 5.26 Å². The van der Waals surface area contributed by atoms with E-state index in [9.17, 15) is 27.9 Å². The van der Waals surface area contributed by atoms with Crippen molar-refractivity contribution >= 4 is 17.6 Å². The van der Waals surface area contributed by atoms with Crippen LogP contribution in [0.15, 0.2) is 43.3 Å². The average Bonchev–Trinajstić information content (AvgIpc) is 3.48. The number of amides is 3. The molecule has 0 saturated heterocycles. The second-order valence-corrected chi connectivity index (χ2v) is 7.10. The number of aliphatic hydroxyl groups excluding tert-OH is 1. The van der Waals surface area contributed by atoms with Crippen molar-refractivity contribution < 1.29 is 37.3 Å². The molecule has 3 atom stereocenters. The number of nitrogens with one attached hydrogen (secondary N) is 2. The molecule has 0 aliphatic heterocycles. The Labute approximate surface area is 190 Å². The van der Waals surface area contributed by atoms with Gasteiger partial charge in [0.2, 0.25) is 5.72 Å². The first kappa shape index (κ1) is 24.5. The topological polar surface area (TPSA) is 160 Å². The highest BCUT2D eigenvalue weighted by Crippen LogP contribution is 2.40. The van der Waals surface area contributed by atoms with Gasteiger partial charge in [0.1, 0.15) is 11.9 Å². The third-order valence-corrected chi connectivity index (χ3v) is 4.68. The Bertz CT molecular complexity index is 1170. The molecule has 34 heavy (non-hydrogen) atoms. The molecule has 1 aromatic heterocycles. The minimum Gasteiger partial charge on any atom is -0.463 e. The standard InChI is InChI=1S/C21H18F3N5O5/c1-2-33-16-5-10(8-25)9-27-17(16)18(31)28-11-3-4-13(22)12(6-11)21(19(23)24,29-20(26)32)34-15-7-14(15)30/h2-6,9,14-15,19,30H,1,7H2,(H,28,31)(H3,26,29,32)/t14-,15+,21-/m1/s1. The van der Waals surface area contributed by atoms with E-state index in [0.29, 0.717) is 0 Å². The van der Waals surface area contributed by atoms with Gasteiger partial charge in [-0.1, -0.05) is 6.58 Å². The number of rotatable bonds is 9. The van der Waals surface area contributed by atoms with E-state index in [0.717, 1.165) is 30.7 Å². The summed E-state index contributed by atoms with van der Waals surface area (Å²) >= 11 is 0. The number of hydrogen-bond acceptors (Lipinski definition) is 7. The average molecular weight is 477 g/mol. The van der Waals surface area contributed by atoms with Crippen molar-refractivity contribution in [1.82, 2.24) is 10.3 Å². The second kappa shape index (κ2) is 9.77. The molecular weight excluding hydrogens is 459 g/mol. The number of nitrogens with two attached hydrogens (primary N) is 1. The molecular formula is C21H18F3N5O5. The van der Waals surface area contributed by atoms with E-state index in [2.05, 4.69) is 16.9 Å². The van der Waals surface area contributed by atoms with E-state index in [-0.39, 0.29) is 29.1 Å². The number of aromatic nitrogens is 1. The highest BCUT2D eigenvalue weighted by Gasteiger charge is 2.53. The van der Waals surface area contributed by atoms with Crippen LogP contribution in [0.4, 0.5) is 23.7 Å². The minimum absolute atomic E-state index is 0.0105. The highest BCUT2D eigenvalue weighted by atomic mass is 19.3. The molecule has 1 aromatic carbocycles. The molecule has 3 amide bonds. The number of carbonyl (C=O) groups excluding carboxylic acids is 2. The molecule has 1 aliphatic carbocycles. The summed E-state index contributed by atoms with van der Waals surface area (Å²) in [6.45, 7) is 3.36. The zero-order chi connectivity index (χ0) is 25.0. The molecule has 1 heterocycles. The number of halogens is 3. The fourth-order valence-corrected chi connectivity index (χ4v) is 3.03. The normalized spacial score (nSPS) is 18.4. The lowest BCUT2D eigenvalue weighted by Gasteiger charge is -2.34. The smallest absolute Gasteiger partial charge is 0.314 e. The molecule has 5 N–H and O–H groups in total. The van der Waals surface area contributed by atoms with Crippen molar-refractivity contribution in [2.45, 2.75) is 30.8 Å². The van der Waals surface area contributed by atoms with Gasteiger partial charge < -0.3 is 30.9 Å². The first-order valence-corrected chi connectivity index (χ1v) is 9.62. The van der Waals surface area contributed by atoms with Crippen molar-refractivity contribution in [3.8, 4) is 11.8 Å². The molecule has 1 saturated carbocycles. The predicted molar refractivity (Wildman–Crippen MR) is 110 cm³/mol. The monoisotopic (exact) mass is 477 g/mol. The number of benzene rings is 1. The predicted octanol–water partition coefficient (Wildman–Crippen LogP) is 2.10. The minimum atomic E-state index is -3.51. The number of primary amides is 1. The number of nitriles is 1. The SMILES string of the molecule is C=COc1cc(C#N)cnc1C(=O)Nc1ccc(F)c([C@@](NC(N)=O)(O[C@H]2C[C@H]2O)C(F)F)c1. The van der Waals surface area contributed by atoms with Crippen molar-refractivity contribution in [2.24, 2.45) is 5.73 Å². The molecule has 0 unspecified atom stereocenters. The van der Waals surface area contributed by atoms with E-state index in [1.807, 2.05) is 6.07 Å². The maximum absolute atomic E-state index is 14.7. The molecule has 3 rings (SSSR count). The Hall–Kier alpha value is -4.15. The number of nitrogens with zero attached hydrogens (tertiary/aromatic N) is 2. The number of hydrogen-bond donors (Lipinski definition) is 4. The van der Waals surface area contributed by atoms with Gasteiger partial charge in [0.15, 0.2) is 11.4 Å². The van der Waals surface area contributed by atoms with Gasteiger partial charge in [-0.3, -0.25) is 4.79 Å². The third kappa shape index (κ3) is 5.08. The molecule has 2 aromatic rings. The summed E-state index contributed by atoms with van der Waals surface area (Å²) in [6.07, 6.45) is -3.59. The quantitative estimate of drug-likeness (QED) is 0.318. The molecule has 0 spiro atoms. The maximum atomic E-state index is 14.7. The molecule has 0 radical (unpaired) electrons. The number of ether oxygens (including phenoxy) is 2. The Morgan fingerprint density at radius 2 is 2.12 bits per heavy atom. The summed E-state index contributed by atoms with van der Waals surface area (Å²) in [5.74, 6) is -2.20. The van der Waals surface area contributed by atoms with Crippen LogP contribution in [0.1, 0.15) is 28.0 Å². The third-order valence-electron chi connectivity index (χ3n) is 4.68. The Kier molecular flexibility index (Phi) is 7.04. The maximum Gasteiger partial charge on any atom is 0.314 e. The lowest BCUT2D eigenvalue weighted by molar-refractivity contribution is -0.174. The van der Waals surface area contributed by atoms with Gasteiger partial charge >= 0.3 is 6.03 Å². The summed E-state index contributed by atoms with van der Waals surface area (Å²) in [7, 11) is 0. The van der Waals surface area contributed by atoms with Crippen LogP contribution in [0.25, 0.3) is 0 Å². The summed E-state index contributed by atoms with van der Waals surface area (Å²) < 4.78 is 53.3. The van der Waals surface area contributed by atoms with E-state index >= 15 is 0 Å². The van der Waals surface area contributed by atoms with Gasteiger partial charge in [-0.15, -0.1) is 0 Å². The number of alkyl halides is 2. The zero-order valence-corrected chi connectivity index (χ0v) is 17.3. The lowest BCUT2D eigenvalue weighted by atomic mass is 10.0. The van der Waals surface area contributed by atoms with Crippen LogP contribution in [-0.2, 0) is 10.5 Å². The van der Waals surface area contributed by atoms with E-state index in [4.69, 9.17) is 20.5 Å². The van der Waals surface area contributed by atoms with E-state index < -0.39 is 47.7 Å². The second-order valence-electron chi connectivity index (χ2n) is 7.10. The highest BCUT2D eigenvalue weighted by molar-refractivity contribution is 6.04. The molecule has 178 valence electrons. The fraction of sp³-hybridized carbons (Fsp3) is 0.238. The Balaban J connectivity index is 1.99. The van der Waals surface area contributed by atoms with E-state index in [1.165, 1.54) is 6.07 Å². The summed E-state index contributed by atoms with van der Waals surface area (Å²) in [5.41, 5.74) is 0.789. The van der Waals surface area contributed by atoms with Crippen LogP contribution >= 0.6 is 0 Å². The van der Waals surface area contributed by atoms with Crippen LogP contribution in [-0.4, -0.2) is 40.7 Å². The molecule has 1 fully saturated rings. The van der Waals surface area contributed by atoms with Gasteiger partial charge in [-0.2, -0.15) is 5.26 Å². The van der Waals surface area contributed by atoms with Gasteiger partial charge in [-0.05, 0) is 18.2 Å². The summed E-state index contributed by atoms with van der Waals surface area (Å²) in [6, 6.07) is 4.28. The molecule has 13 heteroatoms. The molecule has 10 nitrogen and oxygen atoms in total. The van der Waals surface area contributed by atoms with Crippen molar-refractivity contribution in [3.63, 3.8) is 0 Å². The lowest BCUT2D eigenvalue weighted by Crippen LogP contribution is -2.56. The number of urea groups is 1. The van der Waals surface area contributed by atoms with Gasteiger partial charge in [-0.25, -0.2) is 22.9 Å². The van der Waals surface area contributed by atoms with Gasteiger partial charge in [0, 0.05) is 29.9 Å². The summed E-state index contributed by atoms with van der Waals surface area (Å²) in [4.78, 5) is 28.1. The zero-order valence-electron chi connectivity index (χ0n) is 17.3. The number of anilines is 1. The van der Waals surface area contributed by atoms with Crippen molar-refractivity contribution in [2.75, 3.05) is 5.32 Å². The number of carbonyl (C=O) groups is 2. The van der Waals surface area contributed by atoms with Crippen LogP contribution in [0, 0.1) is 17.1 Å². The Morgan fingerprint density at radius 1 is 1.41 bits per heavy atom. The number of aliphatic hydroxyl groups is 1. The van der Waals surface area contributed by atoms with Crippen LogP contribution in [0.5, 0.6) is 5.75 Å². The van der Waals surface area contributed by atoms with Crippen LogP contribution in [0.2, 0.25) is 0 Å². The molecule has 0 bridgehead atoms. The van der Waals surface area contributed by atoms with Crippen LogP contribution in [0.3, 0.4) is 0 Å². The largest absolute Gasteiger partial charge is 0.463 e. The van der Waals surface area contributed by atoms with Gasteiger partial charge in [0.05, 0.1) is 24.0 Å². The summed E-state index contributed by atoms with van der Waals surface area (Å²) in [5, 5.41) is 22.6. The Morgan fingerprint density at radius 3 is 2.68 bits per heavy atom. The van der Waals surface area contributed by atoms with Gasteiger partial charge in [0.25, 0.3) is 12.3 Å². The fourth-order valence-electron chi connectivity index (χ4n) is 3.03. The number of pyridine rings is 1. The first-order valence-electron chi connectivity index (χ1n) is 9.62. The van der Waals surface area contributed by atoms with E-state index in [1.54, 1.807) is 5.32 Å². The van der Waals surface area contributed by atoms with Crippen LogP contribution < -0.4 is 21.1 Å².